The first-order valence-electron chi connectivity index (χ1n) is 6.97. The highest BCUT2D eigenvalue weighted by molar-refractivity contribution is 5.58. The van der Waals surface area contributed by atoms with Crippen molar-refractivity contribution >= 4 is 6.21 Å². The van der Waals surface area contributed by atoms with Crippen LogP contribution in [0.1, 0.15) is 57.6 Å². The van der Waals surface area contributed by atoms with Crippen LogP contribution in [-0.2, 0) is 0 Å². The first-order valence-corrected chi connectivity index (χ1v) is 6.97. The molecule has 0 saturated heterocycles. The minimum Gasteiger partial charge on any atom is -0.290 e. The number of rotatable bonds is 8. The van der Waals surface area contributed by atoms with Crippen LogP contribution in [0.25, 0.3) is 0 Å². The lowest BCUT2D eigenvalue weighted by Gasteiger charge is -2.06. The Morgan fingerprint density at radius 2 is 2.00 bits per heavy atom. The third-order valence-electron chi connectivity index (χ3n) is 3.12. The Labute approximate surface area is 112 Å². The van der Waals surface area contributed by atoms with Crippen LogP contribution in [0.15, 0.2) is 47.5 Å². The Kier molecular flexibility index (Phi) is 7.09. The van der Waals surface area contributed by atoms with Gasteiger partial charge in [-0.05, 0) is 44.4 Å². The summed E-state index contributed by atoms with van der Waals surface area (Å²) in [6.07, 6.45) is 7.81. The number of nitrogens with zero attached hydrogens (tertiary/aromatic N) is 1. The van der Waals surface area contributed by atoms with Crippen molar-refractivity contribution < 1.29 is 0 Å². The van der Waals surface area contributed by atoms with Gasteiger partial charge in [-0.2, -0.15) is 0 Å². The minimum absolute atomic E-state index is 0.259. The van der Waals surface area contributed by atoms with Gasteiger partial charge in [-0.3, -0.25) is 4.99 Å². The largest absolute Gasteiger partial charge is 0.290 e. The molecule has 0 amide bonds. The second-order valence-corrected chi connectivity index (χ2v) is 4.81. The summed E-state index contributed by atoms with van der Waals surface area (Å²) in [5.41, 5.74) is 2.63. The van der Waals surface area contributed by atoms with Gasteiger partial charge in [0, 0.05) is 0 Å². The van der Waals surface area contributed by atoms with Crippen LogP contribution in [-0.4, -0.2) is 6.21 Å². The summed E-state index contributed by atoms with van der Waals surface area (Å²) < 4.78 is 0. The first-order chi connectivity index (χ1) is 8.74. The van der Waals surface area contributed by atoms with Crippen LogP contribution < -0.4 is 0 Å². The molecular formula is C17H25N. The van der Waals surface area contributed by atoms with E-state index in [2.05, 4.69) is 55.9 Å². The normalized spacial score (nSPS) is 12.8. The predicted octanol–water partition coefficient (Wildman–Crippen LogP) is 5.35. The van der Waals surface area contributed by atoms with E-state index in [4.69, 9.17) is 0 Å². The van der Waals surface area contributed by atoms with Gasteiger partial charge >= 0.3 is 0 Å². The molecule has 1 heteroatoms. The van der Waals surface area contributed by atoms with Crippen molar-refractivity contribution in [2.24, 2.45) is 4.99 Å². The fourth-order valence-corrected chi connectivity index (χ4v) is 1.87. The summed E-state index contributed by atoms with van der Waals surface area (Å²) in [7, 11) is 0. The van der Waals surface area contributed by atoms with Crippen molar-refractivity contribution in [2.75, 3.05) is 0 Å². The minimum atomic E-state index is 0.259. The summed E-state index contributed by atoms with van der Waals surface area (Å²) in [4.78, 5) is 4.58. The molecule has 0 aliphatic rings. The number of hydrogen-bond acceptors (Lipinski definition) is 1. The van der Waals surface area contributed by atoms with E-state index in [1.54, 1.807) is 0 Å². The van der Waals surface area contributed by atoms with Gasteiger partial charge in [-0.25, -0.2) is 0 Å². The zero-order chi connectivity index (χ0) is 13.2. The molecule has 1 rings (SSSR count). The molecular weight excluding hydrogens is 218 g/mol. The van der Waals surface area contributed by atoms with Crippen LogP contribution in [0.4, 0.5) is 0 Å². The van der Waals surface area contributed by atoms with E-state index in [0.29, 0.717) is 0 Å². The highest BCUT2D eigenvalue weighted by atomic mass is 14.7. The van der Waals surface area contributed by atoms with Crippen LogP contribution in [0.5, 0.6) is 0 Å². The third kappa shape index (κ3) is 5.81. The lowest BCUT2D eigenvalue weighted by atomic mass is 10.1. The number of allylic oxidation sites excluding steroid dienone is 1. The molecule has 0 radical (unpaired) electrons. The molecule has 18 heavy (non-hydrogen) atoms. The van der Waals surface area contributed by atoms with Gasteiger partial charge in [0.25, 0.3) is 0 Å². The molecule has 0 aromatic heterocycles. The van der Waals surface area contributed by atoms with Crippen molar-refractivity contribution in [3.8, 4) is 0 Å². The van der Waals surface area contributed by atoms with Crippen molar-refractivity contribution in [1.82, 2.24) is 0 Å². The van der Waals surface area contributed by atoms with E-state index in [9.17, 15) is 0 Å². The molecule has 1 nitrogen and oxygen atoms in total. The van der Waals surface area contributed by atoms with Gasteiger partial charge in [0.05, 0.1) is 6.04 Å². The van der Waals surface area contributed by atoms with Gasteiger partial charge in [0.15, 0.2) is 0 Å². The summed E-state index contributed by atoms with van der Waals surface area (Å²) in [5.74, 6) is 0. The average molecular weight is 243 g/mol. The average Bonchev–Trinajstić information content (AvgIpc) is 2.42. The zero-order valence-electron chi connectivity index (χ0n) is 11.7. The van der Waals surface area contributed by atoms with Crippen molar-refractivity contribution in [3.63, 3.8) is 0 Å². The van der Waals surface area contributed by atoms with E-state index in [1.807, 2.05) is 6.07 Å². The van der Waals surface area contributed by atoms with Crippen LogP contribution >= 0.6 is 0 Å². The Morgan fingerprint density at radius 3 is 2.67 bits per heavy atom. The topological polar surface area (TPSA) is 12.4 Å². The Morgan fingerprint density at radius 1 is 1.28 bits per heavy atom. The van der Waals surface area contributed by atoms with Gasteiger partial charge in [0.2, 0.25) is 0 Å². The summed E-state index contributed by atoms with van der Waals surface area (Å²) in [6.45, 7) is 8.46. The summed E-state index contributed by atoms with van der Waals surface area (Å²) >= 11 is 0. The van der Waals surface area contributed by atoms with Crippen LogP contribution in [0.2, 0.25) is 0 Å². The smallest absolute Gasteiger partial charge is 0.0716 e. The van der Waals surface area contributed by atoms with Crippen LogP contribution in [0.3, 0.4) is 0 Å². The number of hydrogen-bond donors (Lipinski definition) is 0. The highest BCUT2D eigenvalue weighted by Crippen LogP contribution is 2.16. The molecule has 0 saturated carbocycles. The second-order valence-electron chi connectivity index (χ2n) is 4.81. The summed E-state index contributed by atoms with van der Waals surface area (Å²) in [5, 5.41) is 0. The molecule has 0 spiro atoms. The lowest BCUT2D eigenvalue weighted by molar-refractivity contribution is 0.759. The fourth-order valence-electron chi connectivity index (χ4n) is 1.87. The molecule has 0 heterocycles. The van der Waals surface area contributed by atoms with Gasteiger partial charge in [0.1, 0.15) is 0 Å². The molecule has 0 fully saturated rings. The van der Waals surface area contributed by atoms with E-state index < -0.39 is 0 Å². The van der Waals surface area contributed by atoms with Crippen molar-refractivity contribution in [2.45, 2.75) is 52.0 Å². The van der Waals surface area contributed by atoms with Crippen molar-refractivity contribution in [3.05, 3.63) is 48.0 Å². The molecule has 1 aromatic rings. The Hall–Kier alpha value is -1.37. The quantitative estimate of drug-likeness (QED) is 0.431. The fraction of sp³-hybridized carbons (Fsp3) is 0.471. The van der Waals surface area contributed by atoms with E-state index in [1.165, 1.54) is 30.4 Å². The standard InChI is InChI=1S/C17H25N/c1-4-5-10-15(2)11-9-14-18-16(3)17-12-7-6-8-13-17/h6-8,12-14,16H,2,4-5,9-11H2,1,3H3/t16-/m0/s1. The molecule has 0 N–H and O–H groups in total. The van der Waals surface area contributed by atoms with Gasteiger partial charge in [-0.15, -0.1) is 0 Å². The molecule has 0 unspecified atom stereocenters. The monoisotopic (exact) mass is 243 g/mol. The molecule has 98 valence electrons. The molecule has 0 aliphatic heterocycles. The number of unbranched alkanes of at least 4 members (excludes halogenated alkanes) is 1. The maximum atomic E-state index is 4.58. The van der Waals surface area contributed by atoms with Crippen molar-refractivity contribution in [1.29, 1.82) is 0 Å². The maximum Gasteiger partial charge on any atom is 0.0716 e. The SMILES string of the molecule is C=C(CCC=N[C@@H](C)c1ccccc1)CCCC. The second kappa shape index (κ2) is 8.68. The number of benzene rings is 1. The first kappa shape index (κ1) is 14.7. The van der Waals surface area contributed by atoms with Gasteiger partial charge in [-0.1, -0.05) is 55.8 Å². The third-order valence-corrected chi connectivity index (χ3v) is 3.12. The summed E-state index contributed by atoms with van der Waals surface area (Å²) in [6, 6.07) is 10.7. The zero-order valence-corrected chi connectivity index (χ0v) is 11.7. The Balaban J connectivity index is 2.26. The molecule has 1 aromatic carbocycles. The van der Waals surface area contributed by atoms with E-state index >= 15 is 0 Å². The lowest BCUT2D eigenvalue weighted by Crippen LogP contribution is -1.90. The van der Waals surface area contributed by atoms with E-state index in [0.717, 1.165) is 12.8 Å². The van der Waals surface area contributed by atoms with Crippen LogP contribution in [0, 0.1) is 0 Å². The molecule has 0 aliphatic carbocycles. The van der Waals surface area contributed by atoms with Gasteiger partial charge < -0.3 is 0 Å². The maximum absolute atomic E-state index is 4.58. The Bertz CT molecular complexity index is 364. The van der Waals surface area contributed by atoms with E-state index in [-0.39, 0.29) is 6.04 Å². The predicted molar refractivity (Wildman–Crippen MR) is 81.2 cm³/mol. The highest BCUT2D eigenvalue weighted by Gasteiger charge is 2.00. The molecule has 0 bridgehead atoms. The number of aliphatic imine (C=N–C) groups is 1. The molecule has 1 atom stereocenters.